The molecule has 1 unspecified atom stereocenters. The Labute approximate surface area is 134 Å². The van der Waals surface area contributed by atoms with Gasteiger partial charge in [-0.2, -0.15) is 0 Å². The zero-order chi connectivity index (χ0) is 12.2. The third-order valence-electron chi connectivity index (χ3n) is 0.210. The van der Waals surface area contributed by atoms with Crippen LogP contribution in [0.5, 0.6) is 0 Å². The van der Waals surface area contributed by atoms with E-state index in [-0.39, 0.29) is 58.3 Å². The summed E-state index contributed by atoms with van der Waals surface area (Å²) in [4.78, 5) is 32.6. The summed E-state index contributed by atoms with van der Waals surface area (Å²) in [5.41, 5.74) is 0. The first-order chi connectivity index (χ1) is 5.71. The van der Waals surface area contributed by atoms with Crippen molar-refractivity contribution in [3.05, 3.63) is 0 Å². The minimum Gasteiger partial charge on any atom is -1.00 e. The molecule has 0 fully saturated rings. The van der Waals surface area contributed by atoms with Gasteiger partial charge in [0.05, 0.1) is 0 Å². The number of phosphoric acid groups is 2. The fraction of sp³-hybridized carbons (Fsp3) is 0. The molecular formula is H7MgNaO11P2S. The van der Waals surface area contributed by atoms with Crippen molar-refractivity contribution in [2.45, 2.75) is 0 Å². The van der Waals surface area contributed by atoms with Crippen molar-refractivity contribution in [1.82, 2.24) is 0 Å². The molecule has 16 heteroatoms. The summed E-state index contributed by atoms with van der Waals surface area (Å²) in [5, 5.41) is 0. The molecule has 92 valence electrons. The predicted molar refractivity (Wildman–Crippen MR) is 43.6 cm³/mol. The van der Waals surface area contributed by atoms with Gasteiger partial charge in [-0.3, -0.25) is 13.0 Å². The molecule has 0 aromatic rings. The summed E-state index contributed by atoms with van der Waals surface area (Å²) < 4.78 is 56.0. The average Bonchev–Trinajstić information content (AvgIpc) is 1.42. The van der Waals surface area contributed by atoms with Crippen LogP contribution in [0.1, 0.15) is 5.71 Å². The molecule has 0 saturated heterocycles. The van der Waals surface area contributed by atoms with Crippen LogP contribution in [0.2, 0.25) is 0 Å². The maximum atomic E-state index is 9.59. The Hall–Kier alpha value is 1.90. The van der Waals surface area contributed by atoms with Gasteiger partial charge in [0.25, 0.3) is 7.82 Å². The number of hydrogen-bond donors (Lipinski definition) is 3. The molecule has 0 amide bonds. The zero-order valence-electron chi connectivity index (χ0n) is 11.6. The van der Waals surface area contributed by atoms with Gasteiger partial charge in [-0.15, -0.1) is 0 Å². The summed E-state index contributed by atoms with van der Waals surface area (Å²) >= 11 is 0. The Morgan fingerprint density at radius 1 is 1.19 bits per heavy atom. The van der Waals surface area contributed by atoms with Crippen LogP contribution in [0, 0.1) is 0 Å². The molecule has 0 bridgehead atoms. The van der Waals surface area contributed by atoms with Gasteiger partial charge in [-0.25, -0.2) is 8.88 Å². The standard InChI is InChI=1S/Mg.Na.H4O7P2.H2O4S.2H/c;;1-8(2,3)7-9(4,5)6;1-5(2,3)4;;/h;;(H2,1,2,3)(H2,4,5,6);(H2,1,2,3,4);;/q+2;+1;;;2*-1/p-1. The summed E-state index contributed by atoms with van der Waals surface area (Å²) in [6.45, 7) is 0. The van der Waals surface area contributed by atoms with Gasteiger partial charge in [0.15, 0.2) is 0 Å². The van der Waals surface area contributed by atoms with Crippen LogP contribution >= 0.6 is 15.6 Å². The van der Waals surface area contributed by atoms with Crippen molar-refractivity contribution in [1.29, 1.82) is 0 Å². The molecule has 11 nitrogen and oxygen atoms in total. The van der Waals surface area contributed by atoms with Crippen molar-refractivity contribution in [3.8, 4) is 0 Å². The van der Waals surface area contributed by atoms with Crippen LogP contribution in [-0.2, 0) is 23.8 Å². The molecule has 16 heavy (non-hydrogen) atoms. The van der Waals surface area contributed by atoms with Crippen molar-refractivity contribution >= 4 is 49.1 Å². The zero-order valence-corrected chi connectivity index (χ0v) is 13.6. The Morgan fingerprint density at radius 2 is 1.38 bits per heavy atom. The Kier molecular flexibility index (Phi) is 16.2. The van der Waals surface area contributed by atoms with E-state index < -0.39 is 26.0 Å². The van der Waals surface area contributed by atoms with Gasteiger partial charge < -0.3 is 31.5 Å². The molecular weight excluding hydrogens is 317 g/mol. The second-order valence-electron chi connectivity index (χ2n) is 1.45. The molecule has 0 aromatic heterocycles. The third-order valence-corrected chi connectivity index (χ3v) is 1.89. The molecule has 0 radical (unpaired) electrons. The van der Waals surface area contributed by atoms with E-state index in [0.29, 0.717) is 0 Å². The van der Waals surface area contributed by atoms with Gasteiger partial charge in [0.1, 0.15) is 0 Å². The number of hydrogen-bond acceptors (Lipinski definition) is 8. The maximum absolute atomic E-state index is 9.59. The molecule has 0 heterocycles. The molecule has 1 atom stereocenters. The number of rotatable bonds is 2. The topological polar surface area (TPSA) is 207 Å². The minimum atomic E-state index is -5.30. The first-order valence-corrected chi connectivity index (χ1v) is 6.54. The van der Waals surface area contributed by atoms with E-state index in [9.17, 15) is 14.0 Å². The predicted octanol–water partition coefficient (Wildman–Crippen LogP) is -5.71. The van der Waals surface area contributed by atoms with Gasteiger partial charge >= 0.3 is 63.3 Å². The van der Waals surface area contributed by atoms with Crippen molar-refractivity contribution in [3.63, 3.8) is 0 Å². The second-order valence-corrected chi connectivity index (χ2v) is 4.84. The quantitative estimate of drug-likeness (QED) is 0.188. The van der Waals surface area contributed by atoms with E-state index in [0.717, 1.165) is 0 Å². The Bertz CT molecular complexity index is 333. The molecule has 0 aliphatic rings. The molecule has 0 aliphatic carbocycles. The van der Waals surface area contributed by atoms with Crippen LogP contribution in [0.4, 0.5) is 0 Å². The van der Waals surface area contributed by atoms with Gasteiger partial charge in [-0.05, 0) is 0 Å². The van der Waals surface area contributed by atoms with Crippen molar-refractivity contribution < 1.29 is 85.8 Å². The fourth-order valence-electron chi connectivity index (χ4n) is 0.134. The molecule has 0 spiro atoms. The Balaban J connectivity index is -0.0000000199. The van der Waals surface area contributed by atoms with Crippen LogP contribution in [0.3, 0.4) is 0 Å². The summed E-state index contributed by atoms with van der Waals surface area (Å²) in [6.07, 6.45) is 0. The SMILES string of the molecule is O=P([O-])(O)OP(=O)(O)O.O=S(=O)([O-])[O-].[H+].[H+].[H-].[H-].[Mg+2].[Na+]. The molecule has 0 aliphatic heterocycles. The van der Waals surface area contributed by atoms with E-state index >= 15 is 0 Å². The maximum Gasteiger partial charge on any atom is 2.00 e. The van der Waals surface area contributed by atoms with Crippen molar-refractivity contribution in [2.75, 3.05) is 0 Å². The van der Waals surface area contributed by atoms with E-state index in [2.05, 4.69) is 4.31 Å². The average molecular weight is 324 g/mol. The second kappa shape index (κ2) is 9.78. The summed E-state index contributed by atoms with van der Waals surface area (Å²) in [5.74, 6) is 0. The van der Waals surface area contributed by atoms with Crippen LogP contribution < -0.4 is 34.5 Å². The molecule has 3 N–H and O–H groups in total. The fourth-order valence-corrected chi connectivity index (χ4v) is 1.21. The van der Waals surface area contributed by atoms with E-state index in [4.69, 9.17) is 32.2 Å². The molecule has 0 aromatic carbocycles. The van der Waals surface area contributed by atoms with Crippen LogP contribution in [0.15, 0.2) is 0 Å². The van der Waals surface area contributed by atoms with Gasteiger partial charge in [0, 0.05) is 10.4 Å². The first-order valence-electron chi connectivity index (χ1n) is 2.18. The summed E-state index contributed by atoms with van der Waals surface area (Å²) in [6, 6.07) is 0. The molecule has 0 rings (SSSR count). The normalized spacial score (nSPS) is 14.4. The monoisotopic (exact) mass is 324 g/mol. The first kappa shape index (κ1) is 26.5. The van der Waals surface area contributed by atoms with Crippen LogP contribution in [-0.4, -0.2) is 55.3 Å². The molecule has 0 saturated carbocycles. The van der Waals surface area contributed by atoms with E-state index in [1.165, 1.54) is 0 Å². The van der Waals surface area contributed by atoms with Crippen LogP contribution in [0.25, 0.3) is 0 Å². The Morgan fingerprint density at radius 3 is 1.38 bits per heavy atom. The van der Waals surface area contributed by atoms with Gasteiger partial charge in [0.2, 0.25) is 0 Å². The largest absolute Gasteiger partial charge is 2.00 e. The van der Waals surface area contributed by atoms with E-state index in [1.807, 2.05) is 0 Å². The van der Waals surface area contributed by atoms with Crippen molar-refractivity contribution in [2.24, 2.45) is 0 Å². The van der Waals surface area contributed by atoms with E-state index in [1.54, 1.807) is 0 Å². The third kappa shape index (κ3) is 56.6. The smallest absolute Gasteiger partial charge is 1.00 e. The minimum absolute atomic E-state index is 0. The van der Waals surface area contributed by atoms with Gasteiger partial charge in [-0.1, -0.05) is 0 Å². The summed E-state index contributed by atoms with van der Waals surface area (Å²) in [7, 11) is -15.6.